The molecular formula is C18H26ClN5O3. The predicted molar refractivity (Wildman–Crippen MR) is 104 cm³/mol. The molecule has 0 fully saturated rings. The molecule has 0 radical (unpaired) electrons. The molecule has 1 amide bonds. The van der Waals surface area contributed by atoms with Gasteiger partial charge in [-0.2, -0.15) is 0 Å². The third-order valence-corrected chi connectivity index (χ3v) is 4.89. The van der Waals surface area contributed by atoms with Crippen molar-refractivity contribution in [3.63, 3.8) is 0 Å². The molecule has 0 aliphatic carbocycles. The van der Waals surface area contributed by atoms with Gasteiger partial charge in [-0.1, -0.05) is 19.1 Å². The van der Waals surface area contributed by atoms with Crippen molar-refractivity contribution < 1.29 is 14.3 Å². The van der Waals surface area contributed by atoms with Gasteiger partial charge in [-0.15, -0.1) is 17.5 Å². The molecule has 1 aromatic carbocycles. The van der Waals surface area contributed by atoms with Crippen LogP contribution in [0.1, 0.15) is 42.9 Å². The maximum absolute atomic E-state index is 12.5. The van der Waals surface area contributed by atoms with Crippen LogP contribution in [0.2, 0.25) is 0 Å². The Bertz CT molecular complexity index is 804. The highest BCUT2D eigenvalue weighted by Crippen LogP contribution is 2.32. The van der Waals surface area contributed by atoms with Crippen LogP contribution in [-0.2, 0) is 0 Å². The minimum Gasteiger partial charge on any atom is -0.486 e. The van der Waals surface area contributed by atoms with Crippen LogP contribution < -0.4 is 20.5 Å². The average Bonchev–Trinajstić information content (AvgIpc) is 3.07. The van der Waals surface area contributed by atoms with E-state index in [0.717, 1.165) is 18.5 Å². The number of halogens is 1. The smallest absolute Gasteiger partial charge is 0.273 e. The van der Waals surface area contributed by atoms with E-state index in [-0.39, 0.29) is 24.0 Å². The number of nitrogens with two attached hydrogens (primary N) is 1. The normalized spacial score (nSPS) is 13.0. The Balaban J connectivity index is 0.00000261. The molecule has 1 aliphatic heterocycles. The van der Waals surface area contributed by atoms with Crippen molar-refractivity contribution in [2.45, 2.75) is 39.2 Å². The molecule has 0 unspecified atom stereocenters. The summed E-state index contributed by atoms with van der Waals surface area (Å²) in [7, 11) is 0. The number of aromatic nitrogens is 3. The van der Waals surface area contributed by atoms with Gasteiger partial charge in [0.15, 0.2) is 17.2 Å². The van der Waals surface area contributed by atoms with Crippen molar-refractivity contribution in [3.8, 4) is 17.2 Å². The zero-order valence-corrected chi connectivity index (χ0v) is 16.6. The molecule has 0 saturated carbocycles. The van der Waals surface area contributed by atoms with Gasteiger partial charge in [-0.3, -0.25) is 4.79 Å². The van der Waals surface area contributed by atoms with E-state index < -0.39 is 5.54 Å². The molecule has 2 heterocycles. The number of hydrogen-bond acceptors (Lipinski definition) is 6. The van der Waals surface area contributed by atoms with E-state index in [4.69, 9.17) is 15.2 Å². The summed E-state index contributed by atoms with van der Waals surface area (Å²) in [6, 6.07) is 5.52. The Hall–Kier alpha value is -2.32. The van der Waals surface area contributed by atoms with Crippen molar-refractivity contribution >= 4 is 18.3 Å². The molecular weight excluding hydrogens is 370 g/mol. The number of fused-ring (bicyclic) bond motifs is 1. The molecule has 1 aliphatic rings. The number of nitrogens with zero attached hydrogens (tertiary/aromatic N) is 3. The number of ether oxygens (including phenoxy) is 2. The van der Waals surface area contributed by atoms with E-state index >= 15 is 0 Å². The van der Waals surface area contributed by atoms with Crippen LogP contribution in [0, 0.1) is 6.92 Å². The van der Waals surface area contributed by atoms with Gasteiger partial charge in [0.05, 0.1) is 11.4 Å². The number of hydrogen-bond donors (Lipinski definition) is 2. The van der Waals surface area contributed by atoms with Crippen molar-refractivity contribution in [2.75, 3.05) is 19.8 Å². The molecule has 9 heteroatoms. The summed E-state index contributed by atoms with van der Waals surface area (Å²) < 4.78 is 12.7. The fraction of sp³-hybridized carbons (Fsp3) is 0.500. The third-order valence-electron chi connectivity index (χ3n) is 4.89. The lowest BCUT2D eigenvalue weighted by Gasteiger charge is -2.26. The first-order valence-electron chi connectivity index (χ1n) is 8.87. The minimum atomic E-state index is -0.407. The van der Waals surface area contributed by atoms with E-state index in [1.165, 1.54) is 0 Å². The Morgan fingerprint density at radius 3 is 2.59 bits per heavy atom. The van der Waals surface area contributed by atoms with Crippen molar-refractivity contribution in [1.82, 2.24) is 20.3 Å². The Morgan fingerprint density at radius 1 is 1.26 bits per heavy atom. The highest BCUT2D eigenvalue weighted by molar-refractivity contribution is 5.93. The van der Waals surface area contributed by atoms with Crippen LogP contribution in [0.25, 0.3) is 5.69 Å². The number of amides is 1. The van der Waals surface area contributed by atoms with Crippen LogP contribution in [0.4, 0.5) is 0 Å². The molecule has 27 heavy (non-hydrogen) atoms. The highest BCUT2D eigenvalue weighted by Gasteiger charge is 2.24. The van der Waals surface area contributed by atoms with Gasteiger partial charge in [-0.25, -0.2) is 4.68 Å². The lowest BCUT2D eigenvalue weighted by Crippen LogP contribution is -2.49. The van der Waals surface area contributed by atoms with Crippen LogP contribution >= 0.6 is 12.4 Å². The Labute approximate surface area is 164 Å². The molecule has 2 aromatic rings. The lowest BCUT2D eigenvalue weighted by molar-refractivity contribution is 0.0936. The maximum Gasteiger partial charge on any atom is 0.273 e. The summed E-state index contributed by atoms with van der Waals surface area (Å²) in [5, 5.41) is 11.0. The zero-order valence-electron chi connectivity index (χ0n) is 15.8. The van der Waals surface area contributed by atoms with Crippen LogP contribution in [0.5, 0.6) is 11.5 Å². The van der Waals surface area contributed by atoms with Crippen molar-refractivity contribution in [3.05, 3.63) is 29.6 Å². The first kappa shape index (κ1) is 21.0. The van der Waals surface area contributed by atoms with E-state index in [9.17, 15) is 4.79 Å². The third kappa shape index (κ3) is 4.33. The number of benzene rings is 1. The second-order valence-corrected chi connectivity index (χ2v) is 6.52. The topological polar surface area (TPSA) is 104 Å². The van der Waals surface area contributed by atoms with Gasteiger partial charge in [0.25, 0.3) is 5.91 Å². The summed E-state index contributed by atoms with van der Waals surface area (Å²) in [4.78, 5) is 12.5. The number of rotatable bonds is 6. The number of carbonyl (C=O) groups is 1. The quantitative estimate of drug-likeness (QED) is 0.775. The first-order chi connectivity index (χ1) is 12.5. The fourth-order valence-electron chi connectivity index (χ4n) is 2.79. The number of nitrogens with one attached hydrogen (secondary N) is 1. The Kier molecular flexibility index (Phi) is 6.67. The van der Waals surface area contributed by atoms with Gasteiger partial charge in [0, 0.05) is 18.2 Å². The summed E-state index contributed by atoms with van der Waals surface area (Å²) in [5.41, 5.74) is 7.53. The average molecular weight is 396 g/mol. The molecule has 148 valence electrons. The zero-order chi connectivity index (χ0) is 18.7. The minimum absolute atomic E-state index is 0. The molecule has 3 N–H and O–H groups in total. The van der Waals surface area contributed by atoms with E-state index in [1.807, 2.05) is 32.0 Å². The summed E-state index contributed by atoms with van der Waals surface area (Å²) in [5.74, 6) is 1.09. The van der Waals surface area contributed by atoms with E-state index in [1.54, 1.807) is 11.6 Å². The predicted octanol–water partition coefficient (Wildman–Crippen LogP) is 2.02. The first-order valence-corrected chi connectivity index (χ1v) is 8.87. The van der Waals surface area contributed by atoms with E-state index in [0.29, 0.717) is 37.0 Å². The summed E-state index contributed by atoms with van der Waals surface area (Å²) in [6.45, 7) is 7.28. The summed E-state index contributed by atoms with van der Waals surface area (Å²) >= 11 is 0. The second-order valence-electron chi connectivity index (χ2n) is 6.52. The van der Waals surface area contributed by atoms with Gasteiger partial charge in [0.2, 0.25) is 0 Å². The fourth-order valence-corrected chi connectivity index (χ4v) is 2.79. The maximum atomic E-state index is 12.5. The molecule has 3 rings (SSSR count). The van der Waals surface area contributed by atoms with Crippen LogP contribution in [0.3, 0.4) is 0 Å². The lowest BCUT2D eigenvalue weighted by atomic mass is 9.94. The molecule has 0 atom stereocenters. The second kappa shape index (κ2) is 8.58. The van der Waals surface area contributed by atoms with Gasteiger partial charge in [0.1, 0.15) is 13.2 Å². The summed E-state index contributed by atoms with van der Waals surface area (Å²) in [6.07, 6.45) is 1.57. The van der Waals surface area contributed by atoms with E-state index in [2.05, 4.69) is 15.6 Å². The Morgan fingerprint density at radius 2 is 1.93 bits per heavy atom. The van der Waals surface area contributed by atoms with Crippen LogP contribution in [-0.4, -0.2) is 46.2 Å². The largest absolute Gasteiger partial charge is 0.486 e. The van der Waals surface area contributed by atoms with Gasteiger partial charge in [-0.05, 0) is 31.9 Å². The molecule has 0 bridgehead atoms. The van der Waals surface area contributed by atoms with Crippen molar-refractivity contribution in [1.29, 1.82) is 0 Å². The molecule has 1 aromatic heterocycles. The molecule has 8 nitrogen and oxygen atoms in total. The van der Waals surface area contributed by atoms with Gasteiger partial charge < -0.3 is 20.5 Å². The molecule has 0 saturated heterocycles. The SMILES string of the molecule is CCC(N)(CC)CNC(=O)c1nnn(-c2ccc3c(c2)OCCO3)c1C.Cl. The number of carbonyl (C=O) groups excluding carboxylic acids is 1. The van der Waals surface area contributed by atoms with Crippen molar-refractivity contribution in [2.24, 2.45) is 5.73 Å². The van der Waals surface area contributed by atoms with Crippen LogP contribution in [0.15, 0.2) is 18.2 Å². The standard InChI is InChI=1S/C18H25N5O3.ClH/c1-4-18(19,5-2)11-20-17(24)16-12(3)23(22-21-16)13-6-7-14-15(10-13)26-9-8-25-14;/h6-7,10H,4-5,8-9,11,19H2,1-3H3,(H,20,24);1H. The highest BCUT2D eigenvalue weighted by atomic mass is 35.5. The van der Waals surface area contributed by atoms with Gasteiger partial charge >= 0.3 is 0 Å². The molecule has 0 spiro atoms. The monoisotopic (exact) mass is 395 g/mol.